The second-order valence-corrected chi connectivity index (χ2v) is 5.22. The summed E-state index contributed by atoms with van der Waals surface area (Å²) in [6, 6.07) is 0. The topological polar surface area (TPSA) is 94.8 Å². The van der Waals surface area contributed by atoms with E-state index >= 15 is 0 Å². The molecule has 0 fully saturated rings. The Labute approximate surface area is 71.6 Å². The Kier molecular flexibility index (Phi) is 4.69. The molecule has 0 heterocycles. The Hall–Kier alpha value is -0.170. The van der Waals surface area contributed by atoms with Crippen LogP contribution in [0.5, 0.6) is 0 Å². The van der Waals surface area contributed by atoms with Crippen molar-refractivity contribution in [2.45, 2.75) is 17.4 Å². The van der Waals surface area contributed by atoms with E-state index in [1.165, 1.54) is 6.92 Å². The fraction of sp³-hybridized carbons (Fsp3) is 1.00. The van der Waals surface area contributed by atoms with Gasteiger partial charge >= 0.3 is 0 Å². The Balaban J connectivity index is 4.58. The van der Waals surface area contributed by atoms with E-state index in [-0.39, 0.29) is 0 Å². The van der Waals surface area contributed by atoms with E-state index in [0.29, 0.717) is 0 Å². The smallest absolute Gasteiger partial charge is 0.162 e. The van der Waals surface area contributed by atoms with Crippen LogP contribution in [-0.2, 0) is 9.84 Å². The molecule has 0 saturated carbocycles. The van der Waals surface area contributed by atoms with Gasteiger partial charge in [0.1, 0.15) is 5.25 Å². The van der Waals surface area contributed by atoms with E-state index in [0.717, 1.165) is 0 Å². The molecule has 1 atom stereocenters. The standard InChI is InChI=1S/C6H14O5S/c1-5(2-7)12(10,11)6(3-8)4-9/h5-9H,2-4H2,1H3/t5-/m0/s1. The van der Waals surface area contributed by atoms with Crippen LogP contribution in [0.3, 0.4) is 0 Å². The largest absolute Gasteiger partial charge is 0.395 e. The second kappa shape index (κ2) is 4.76. The van der Waals surface area contributed by atoms with Crippen molar-refractivity contribution < 1.29 is 23.7 Å². The zero-order valence-electron chi connectivity index (χ0n) is 6.84. The van der Waals surface area contributed by atoms with Crippen LogP contribution in [0, 0.1) is 0 Å². The molecule has 3 N–H and O–H groups in total. The van der Waals surface area contributed by atoms with Gasteiger partial charge in [0.25, 0.3) is 0 Å². The molecule has 0 amide bonds. The maximum absolute atomic E-state index is 11.2. The SMILES string of the molecule is C[C@@H](CO)S(=O)(=O)C(CO)CO. The van der Waals surface area contributed by atoms with Gasteiger partial charge in [-0.3, -0.25) is 0 Å². The highest BCUT2D eigenvalue weighted by Gasteiger charge is 2.29. The number of hydrogen-bond acceptors (Lipinski definition) is 5. The molecule has 12 heavy (non-hydrogen) atoms. The minimum Gasteiger partial charge on any atom is -0.395 e. The predicted molar refractivity (Wildman–Crippen MR) is 43.4 cm³/mol. The summed E-state index contributed by atoms with van der Waals surface area (Å²) < 4.78 is 22.5. The van der Waals surface area contributed by atoms with Gasteiger partial charge < -0.3 is 15.3 Å². The average molecular weight is 198 g/mol. The van der Waals surface area contributed by atoms with Crippen LogP contribution in [0.4, 0.5) is 0 Å². The van der Waals surface area contributed by atoms with Gasteiger partial charge in [0.05, 0.1) is 25.1 Å². The van der Waals surface area contributed by atoms with E-state index in [2.05, 4.69) is 0 Å². The first-order valence-corrected chi connectivity index (χ1v) is 5.16. The quantitative estimate of drug-likeness (QED) is 0.481. The van der Waals surface area contributed by atoms with E-state index in [4.69, 9.17) is 15.3 Å². The number of rotatable bonds is 5. The van der Waals surface area contributed by atoms with E-state index in [1.807, 2.05) is 0 Å². The predicted octanol–water partition coefficient (Wildman–Crippen LogP) is -1.86. The lowest BCUT2D eigenvalue weighted by Crippen LogP contribution is -2.37. The van der Waals surface area contributed by atoms with Crippen LogP contribution in [-0.4, -0.2) is 54.1 Å². The molecule has 0 aromatic heterocycles. The normalized spacial score (nSPS) is 15.1. The highest BCUT2D eigenvalue weighted by Crippen LogP contribution is 2.08. The van der Waals surface area contributed by atoms with Crippen molar-refractivity contribution in [2.75, 3.05) is 19.8 Å². The molecule has 74 valence electrons. The van der Waals surface area contributed by atoms with Crippen LogP contribution < -0.4 is 0 Å². The van der Waals surface area contributed by atoms with Gasteiger partial charge in [-0.2, -0.15) is 0 Å². The first-order chi connectivity index (χ1) is 5.50. The number of aliphatic hydroxyl groups excluding tert-OH is 3. The summed E-state index contributed by atoms with van der Waals surface area (Å²) in [6.45, 7) is -0.418. The monoisotopic (exact) mass is 198 g/mol. The molecule has 0 saturated heterocycles. The van der Waals surface area contributed by atoms with Crippen molar-refractivity contribution in [3.05, 3.63) is 0 Å². The van der Waals surface area contributed by atoms with Crippen LogP contribution in [0.2, 0.25) is 0 Å². The minimum absolute atomic E-state index is 0.501. The lowest BCUT2D eigenvalue weighted by molar-refractivity contribution is 0.221. The van der Waals surface area contributed by atoms with Gasteiger partial charge in [0.2, 0.25) is 0 Å². The molecule has 0 aromatic rings. The molecule has 0 spiro atoms. The fourth-order valence-corrected chi connectivity index (χ4v) is 1.98. The lowest BCUT2D eigenvalue weighted by atomic mass is 10.5. The third-order valence-corrected chi connectivity index (χ3v) is 4.19. The van der Waals surface area contributed by atoms with Gasteiger partial charge in [0.15, 0.2) is 9.84 Å². The summed E-state index contributed by atoms with van der Waals surface area (Å²) in [7, 11) is -3.60. The Bertz CT molecular complexity index is 206. The van der Waals surface area contributed by atoms with Crippen molar-refractivity contribution >= 4 is 9.84 Å². The van der Waals surface area contributed by atoms with Crippen LogP contribution >= 0.6 is 0 Å². The van der Waals surface area contributed by atoms with Gasteiger partial charge in [-0.25, -0.2) is 8.42 Å². The van der Waals surface area contributed by atoms with Crippen molar-refractivity contribution in [1.29, 1.82) is 0 Å². The first-order valence-electron chi connectivity index (χ1n) is 3.56. The molecule has 0 bridgehead atoms. The third-order valence-electron chi connectivity index (χ3n) is 1.69. The molecular weight excluding hydrogens is 184 g/mol. The number of aliphatic hydroxyl groups is 3. The van der Waals surface area contributed by atoms with E-state index in [1.54, 1.807) is 0 Å². The zero-order chi connectivity index (χ0) is 9.78. The van der Waals surface area contributed by atoms with Crippen LogP contribution in [0.25, 0.3) is 0 Å². The van der Waals surface area contributed by atoms with Gasteiger partial charge in [0, 0.05) is 0 Å². The lowest BCUT2D eigenvalue weighted by Gasteiger charge is -2.16. The summed E-state index contributed by atoms with van der Waals surface area (Å²) in [5.41, 5.74) is 0. The fourth-order valence-electron chi connectivity index (χ4n) is 0.698. The van der Waals surface area contributed by atoms with Gasteiger partial charge in [-0.15, -0.1) is 0 Å². The maximum Gasteiger partial charge on any atom is 0.162 e. The first kappa shape index (κ1) is 11.8. The van der Waals surface area contributed by atoms with Crippen LogP contribution in [0.1, 0.15) is 6.92 Å². The molecule has 0 radical (unpaired) electrons. The Morgan fingerprint density at radius 3 is 1.75 bits per heavy atom. The maximum atomic E-state index is 11.2. The average Bonchev–Trinajstić information content (AvgIpc) is 2.04. The number of sulfone groups is 1. The second-order valence-electron chi connectivity index (χ2n) is 2.57. The Morgan fingerprint density at radius 2 is 1.50 bits per heavy atom. The number of hydrogen-bond donors (Lipinski definition) is 3. The highest BCUT2D eigenvalue weighted by molar-refractivity contribution is 7.92. The zero-order valence-corrected chi connectivity index (χ0v) is 7.66. The van der Waals surface area contributed by atoms with E-state index < -0.39 is 40.2 Å². The summed E-state index contributed by atoms with van der Waals surface area (Å²) in [6.07, 6.45) is 0. The van der Waals surface area contributed by atoms with Gasteiger partial charge in [-0.1, -0.05) is 0 Å². The summed E-state index contributed by atoms with van der Waals surface area (Å²) in [5.74, 6) is 0. The molecule has 6 heteroatoms. The summed E-state index contributed by atoms with van der Waals surface area (Å²) in [5, 5.41) is 23.6. The van der Waals surface area contributed by atoms with Crippen molar-refractivity contribution in [2.24, 2.45) is 0 Å². The van der Waals surface area contributed by atoms with E-state index in [9.17, 15) is 8.42 Å². The molecule has 0 unspecified atom stereocenters. The van der Waals surface area contributed by atoms with Crippen molar-refractivity contribution in [3.8, 4) is 0 Å². The molecule has 0 aliphatic heterocycles. The summed E-state index contributed by atoms with van der Waals surface area (Å²) in [4.78, 5) is 0. The van der Waals surface area contributed by atoms with Gasteiger partial charge in [-0.05, 0) is 6.92 Å². The van der Waals surface area contributed by atoms with Crippen molar-refractivity contribution in [1.82, 2.24) is 0 Å². The van der Waals surface area contributed by atoms with Crippen molar-refractivity contribution in [3.63, 3.8) is 0 Å². The summed E-state index contributed by atoms with van der Waals surface area (Å²) >= 11 is 0. The molecular formula is C6H14O5S. The molecule has 0 aliphatic carbocycles. The Morgan fingerprint density at radius 1 is 1.08 bits per heavy atom. The molecule has 0 aromatic carbocycles. The molecule has 0 rings (SSSR count). The third kappa shape index (κ3) is 2.41. The minimum atomic E-state index is -3.60. The highest BCUT2D eigenvalue weighted by atomic mass is 32.2. The molecule has 5 nitrogen and oxygen atoms in total. The molecule has 0 aliphatic rings. The van der Waals surface area contributed by atoms with Crippen LogP contribution in [0.15, 0.2) is 0 Å².